The highest BCUT2D eigenvalue weighted by molar-refractivity contribution is 5.31. The van der Waals surface area contributed by atoms with E-state index in [1.807, 2.05) is 53.4 Å². The predicted octanol–water partition coefficient (Wildman–Crippen LogP) is 2.43. The molecule has 5 heteroatoms. The summed E-state index contributed by atoms with van der Waals surface area (Å²) in [6.45, 7) is 1.51. The second-order valence-electron chi connectivity index (χ2n) is 4.91. The van der Waals surface area contributed by atoms with Crippen LogP contribution in [0, 0.1) is 11.3 Å². The number of rotatable bonds is 5. The summed E-state index contributed by atoms with van der Waals surface area (Å²) in [5.41, 5.74) is 2.96. The van der Waals surface area contributed by atoms with Crippen molar-refractivity contribution < 1.29 is 0 Å². The maximum Gasteiger partial charge on any atom is 0.137 e. The van der Waals surface area contributed by atoms with Crippen molar-refractivity contribution in [2.24, 2.45) is 0 Å². The number of hydrogen-bond donors (Lipinski definition) is 1. The van der Waals surface area contributed by atoms with Crippen LogP contribution >= 0.6 is 0 Å². The van der Waals surface area contributed by atoms with Gasteiger partial charge >= 0.3 is 0 Å². The van der Waals surface area contributed by atoms with Crippen molar-refractivity contribution in [1.29, 1.82) is 5.26 Å². The molecule has 0 aliphatic carbocycles. The van der Waals surface area contributed by atoms with Crippen LogP contribution in [0.2, 0.25) is 0 Å². The van der Waals surface area contributed by atoms with Crippen molar-refractivity contribution in [1.82, 2.24) is 19.9 Å². The standard InChI is InChI=1S/C17H15N5/c18-9-14-1-3-15(4-2-14)10-20-11-16-5-6-17(21-12-16)22-8-7-19-13-22/h1-8,12-13,20H,10-11H2. The van der Waals surface area contributed by atoms with E-state index >= 15 is 0 Å². The van der Waals surface area contributed by atoms with Crippen LogP contribution in [0.3, 0.4) is 0 Å². The summed E-state index contributed by atoms with van der Waals surface area (Å²) in [7, 11) is 0. The molecule has 0 amide bonds. The third-order valence-corrected chi connectivity index (χ3v) is 3.32. The van der Waals surface area contributed by atoms with E-state index in [0.29, 0.717) is 5.56 Å². The van der Waals surface area contributed by atoms with Gasteiger partial charge in [0.2, 0.25) is 0 Å². The quantitative estimate of drug-likeness (QED) is 0.783. The van der Waals surface area contributed by atoms with Crippen molar-refractivity contribution in [3.8, 4) is 11.9 Å². The summed E-state index contributed by atoms with van der Waals surface area (Å²) in [4.78, 5) is 8.42. The van der Waals surface area contributed by atoms with Crippen LogP contribution in [-0.4, -0.2) is 14.5 Å². The summed E-state index contributed by atoms with van der Waals surface area (Å²) in [6, 6.07) is 13.7. The van der Waals surface area contributed by atoms with Crippen LogP contribution in [0.5, 0.6) is 0 Å². The molecule has 0 saturated carbocycles. The Bertz CT molecular complexity index is 752. The van der Waals surface area contributed by atoms with Gasteiger partial charge in [-0.05, 0) is 29.3 Å². The van der Waals surface area contributed by atoms with Crippen molar-refractivity contribution in [3.63, 3.8) is 0 Å². The second-order valence-corrected chi connectivity index (χ2v) is 4.91. The zero-order valence-electron chi connectivity index (χ0n) is 12.0. The Morgan fingerprint density at radius 2 is 1.82 bits per heavy atom. The minimum absolute atomic E-state index is 0.683. The lowest BCUT2D eigenvalue weighted by atomic mass is 10.1. The molecule has 108 valence electrons. The first-order valence-corrected chi connectivity index (χ1v) is 6.98. The van der Waals surface area contributed by atoms with Gasteiger partial charge in [-0.15, -0.1) is 0 Å². The fourth-order valence-electron chi connectivity index (χ4n) is 2.12. The van der Waals surface area contributed by atoms with Gasteiger partial charge < -0.3 is 5.32 Å². The van der Waals surface area contributed by atoms with E-state index in [4.69, 9.17) is 5.26 Å². The van der Waals surface area contributed by atoms with Crippen LogP contribution in [0.1, 0.15) is 16.7 Å². The van der Waals surface area contributed by atoms with Crippen LogP contribution in [0.4, 0.5) is 0 Å². The summed E-state index contributed by atoms with van der Waals surface area (Å²) in [5, 5.41) is 12.1. The van der Waals surface area contributed by atoms with E-state index in [-0.39, 0.29) is 0 Å². The molecule has 0 fully saturated rings. The average molecular weight is 289 g/mol. The number of nitrogens with one attached hydrogen (secondary N) is 1. The molecule has 1 aromatic carbocycles. The highest BCUT2D eigenvalue weighted by Crippen LogP contribution is 2.06. The molecule has 3 aromatic rings. The molecule has 0 unspecified atom stereocenters. The molecule has 2 aromatic heterocycles. The SMILES string of the molecule is N#Cc1ccc(CNCc2ccc(-n3ccnc3)nc2)cc1. The highest BCUT2D eigenvalue weighted by Gasteiger charge is 1.99. The number of pyridine rings is 1. The minimum atomic E-state index is 0.683. The first-order chi connectivity index (χ1) is 10.8. The van der Waals surface area contributed by atoms with E-state index in [0.717, 1.165) is 30.0 Å². The summed E-state index contributed by atoms with van der Waals surface area (Å²) in [5.74, 6) is 0.855. The van der Waals surface area contributed by atoms with Gasteiger partial charge in [-0.3, -0.25) is 4.57 Å². The topological polar surface area (TPSA) is 66.5 Å². The van der Waals surface area contributed by atoms with Gasteiger partial charge in [-0.2, -0.15) is 5.26 Å². The average Bonchev–Trinajstić information content (AvgIpc) is 3.11. The Balaban J connectivity index is 1.54. The summed E-state index contributed by atoms with van der Waals surface area (Å²) in [6.07, 6.45) is 7.19. The number of hydrogen-bond acceptors (Lipinski definition) is 4. The molecule has 0 aliphatic heterocycles. The maximum atomic E-state index is 8.77. The highest BCUT2D eigenvalue weighted by atomic mass is 15.1. The molecule has 0 aliphatic rings. The Morgan fingerprint density at radius 3 is 2.45 bits per heavy atom. The van der Waals surface area contributed by atoms with Gasteiger partial charge in [0.15, 0.2) is 0 Å². The van der Waals surface area contributed by atoms with E-state index < -0.39 is 0 Å². The Labute approximate surface area is 128 Å². The van der Waals surface area contributed by atoms with Gasteiger partial charge in [-0.1, -0.05) is 18.2 Å². The normalized spacial score (nSPS) is 10.3. The number of imidazole rings is 1. The van der Waals surface area contributed by atoms with Crippen LogP contribution in [0.25, 0.3) is 5.82 Å². The molecular formula is C17H15N5. The lowest BCUT2D eigenvalue weighted by Gasteiger charge is -2.06. The molecule has 1 N–H and O–H groups in total. The number of aromatic nitrogens is 3. The lowest BCUT2D eigenvalue weighted by Crippen LogP contribution is -2.13. The first-order valence-electron chi connectivity index (χ1n) is 6.98. The largest absolute Gasteiger partial charge is 0.309 e. The molecule has 0 spiro atoms. The smallest absolute Gasteiger partial charge is 0.137 e. The number of nitrogens with zero attached hydrogens (tertiary/aromatic N) is 4. The Morgan fingerprint density at radius 1 is 1.05 bits per heavy atom. The van der Waals surface area contributed by atoms with Crippen molar-refractivity contribution in [2.75, 3.05) is 0 Å². The molecular weight excluding hydrogens is 274 g/mol. The zero-order chi connectivity index (χ0) is 15.2. The molecule has 0 bridgehead atoms. The van der Waals surface area contributed by atoms with Gasteiger partial charge in [0.25, 0.3) is 0 Å². The molecule has 5 nitrogen and oxygen atoms in total. The van der Waals surface area contributed by atoms with Gasteiger partial charge in [0.05, 0.1) is 11.6 Å². The van der Waals surface area contributed by atoms with Gasteiger partial charge in [0, 0.05) is 31.7 Å². The molecule has 0 atom stereocenters. The molecule has 0 radical (unpaired) electrons. The van der Waals surface area contributed by atoms with Crippen LogP contribution in [-0.2, 0) is 13.1 Å². The zero-order valence-corrected chi connectivity index (χ0v) is 12.0. The second kappa shape index (κ2) is 6.66. The molecule has 2 heterocycles. The maximum absolute atomic E-state index is 8.77. The van der Waals surface area contributed by atoms with E-state index in [1.165, 1.54) is 0 Å². The Hall–Kier alpha value is -2.97. The fourth-order valence-corrected chi connectivity index (χ4v) is 2.12. The van der Waals surface area contributed by atoms with Crippen molar-refractivity contribution in [2.45, 2.75) is 13.1 Å². The van der Waals surface area contributed by atoms with Gasteiger partial charge in [-0.25, -0.2) is 9.97 Å². The third-order valence-electron chi connectivity index (χ3n) is 3.32. The summed E-state index contributed by atoms with van der Waals surface area (Å²) >= 11 is 0. The van der Waals surface area contributed by atoms with Crippen LogP contribution < -0.4 is 5.32 Å². The molecule has 22 heavy (non-hydrogen) atoms. The lowest BCUT2D eigenvalue weighted by molar-refractivity contribution is 0.691. The number of benzene rings is 1. The van der Waals surface area contributed by atoms with Gasteiger partial charge in [0.1, 0.15) is 12.1 Å². The fraction of sp³-hybridized carbons (Fsp3) is 0.118. The number of nitriles is 1. The monoisotopic (exact) mass is 289 g/mol. The van der Waals surface area contributed by atoms with E-state index in [9.17, 15) is 0 Å². The van der Waals surface area contributed by atoms with E-state index in [1.54, 1.807) is 12.5 Å². The first kappa shape index (κ1) is 14.0. The minimum Gasteiger partial charge on any atom is -0.309 e. The van der Waals surface area contributed by atoms with Crippen molar-refractivity contribution >= 4 is 0 Å². The predicted molar refractivity (Wildman–Crippen MR) is 83.1 cm³/mol. The van der Waals surface area contributed by atoms with Crippen LogP contribution in [0.15, 0.2) is 61.3 Å². The Kier molecular flexibility index (Phi) is 4.23. The molecule has 3 rings (SSSR count). The van der Waals surface area contributed by atoms with E-state index in [2.05, 4.69) is 21.4 Å². The summed E-state index contributed by atoms with van der Waals surface area (Å²) < 4.78 is 1.87. The third kappa shape index (κ3) is 3.37. The molecule has 0 saturated heterocycles. The van der Waals surface area contributed by atoms with Crippen molar-refractivity contribution in [3.05, 3.63) is 78.0 Å².